The predicted octanol–water partition coefficient (Wildman–Crippen LogP) is 3.91. The zero-order valence-corrected chi connectivity index (χ0v) is 14.4. The highest BCUT2D eigenvalue weighted by molar-refractivity contribution is 6.32. The molecule has 24 heavy (non-hydrogen) atoms. The van der Waals surface area contributed by atoms with E-state index in [4.69, 9.17) is 22.8 Å². The van der Waals surface area contributed by atoms with Crippen molar-refractivity contribution in [3.63, 3.8) is 0 Å². The van der Waals surface area contributed by atoms with Crippen LogP contribution in [0, 0.1) is 19.3 Å². The summed E-state index contributed by atoms with van der Waals surface area (Å²) in [5.74, 6) is 2.97. The highest BCUT2D eigenvalue weighted by Crippen LogP contribution is 2.25. The maximum absolute atomic E-state index is 12.0. The van der Waals surface area contributed by atoms with Crippen LogP contribution in [0.25, 0.3) is 0 Å². The number of carbonyl (C=O) groups excluding carboxylic acids is 1. The van der Waals surface area contributed by atoms with Gasteiger partial charge in [0, 0.05) is 13.0 Å². The molecular weight excluding hydrogens is 322 g/mol. The van der Waals surface area contributed by atoms with Crippen molar-refractivity contribution in [1.29, 1.82) is 0 Å². The first kappa shape index (κ1) is 17.9. The summed E-state index contributed by atoms with van der Waals surface area (Å²) in [6, 6.07) is 13.6. The third-order valence-electron chi connectivity index (χ3n) is 3.56. The van der Waals surface area contributed by atoms with Crippen LogP contribution in [0.4, 0.5) is 0 Å². The molecule has 1 amide bonds. The van der Waals surface area contributed by atoms with Gasteiger partial charge in [-0.1, -0.05) is 53.4 Å². The van der Waals surface area contributed by atoms with Gasteiger partial charge >= 0.3 is 0 Å². The fourth-order valence-electron chi connectivity index (χ4n) is 2.19. The average molecular weight is 342 g/mol. The van der Waals surface area contributed by atoms with Crippen LogP contribution >= 0.6 is 11.6 Å². The van der Waals surface area contributed by atoms with Gasteiger partial charge in [-0.05, 0) is 36.6 Å². The van der Waals surface area contributed by atoms with Crippen LogP contribution in [0.3, 0.4) is 0 Å². The summed E-state index contributed by atoms with van der Waals surface area (Å²) in [5.41, 5.74) is 3.28. The molecule has 0 aliphatic carbocycles. The van der Waals surface area contributed by atoms with Crippen LogP contribution in [0.2, 0.25) is 5.02 Å². The molecule has 0 bridgehead atoms. The molecule has 0 saturated carbocycles. The fourth-order valence-corrected chi connectivity index (χ4v) is 2.45. The highest BCUT2D eigenvalue weighted by atomic mass is 35.5. The largest absolute Gasteiger partial charge is 0.479 e. The number of benzene rings is 2. The first-order valence-corrected chi connectivity index (χ1v) is 8.13. The number of terminal acetylenes is 1. The Morgan fingerprint density at radius 1 is 1.21 bits per heavy atom. The number of hydrogen-bond donors (Lipinski definition) is 1. The third kappa shape index (κ3) is 5.64. The molecule has 0 fully saturated rings. The Kier molecular flexibility index (Phi) is 6.72. The van der Waals surface area contributed by atoms with E-state index in [0.717, 1.165) is 11.1 Å². The van der Waals surface area contributed by atoms with E-state index in [2.05, 4.69) is 11.2 Å². The normalized spacial score (nSPS) is 10.0. The number of halogens is 1. The van der Waals surface area contributed by atoms with Crippen LogP contribution in [-0.2, 0) is 17.8 Å². The Bertz CT molecular complexity index is 732. The van der Waals surface area contributed by atoms with Crippen LogP contribution in [-0.4, -0.2) is 12.5 Å². The molecule has 0 spiro atoms. The van der Waals surface area contributed by atoms with E-state index in [1.165, 1.54) is 5.56 Å². The number of carbonyl (C=O) groups is 1. The molecule has 2 aromatic rings. The van der Waals surface area contributed by atoms with Crippen molar-refractivity contribution in [2.45, 2.75) is 26.3 Å². The minimum atomic E-state index is 0.0133. The Labute approximate surface area is 148 Å². The zero-order valence-electron chi connectivity index (χ0n) is 13.6. The van der Waals surface area contributed by atoms with E-state index in [0.29, 0.717) is 30.2 Å². The van der Waals surface area contributed by atoms with E-state index in [1.54, 1.807) is 12.1 Å². The van der Waals surface area contributed by atoms with Gasteiger partial charge in [0.25, 0.3) is 0 Å². The van der Waals surface area contributed by atoms with Crippen molar-refractivity contribution in [1.82, 2.24) is 5.32 Å². The van der Waals surface area contributed by atoms with Crippen LogP contribution in [0.5, 0.6) is 5.75 Å². The lowest BCUT2D eigenvalue weighted by atomic mass is 10.1. The van der Waals surface area contributed by atoms with Gasteiger partial charge in [0.2, 0.25) is 5.91 Å². The molecule has 0 saturated heterocycles. The maximum Gasteiger partial charge on any atom is 0.220 e. The lowest BCUT2D eigenvalue weighted by Crippen LogP contribution is -2.22. The first-order chi connectivity index (χ1) is 11.6. The topological polar surface area (TPSA) is 38.3 Å². The zero-order chi connectivity index (χ0) is 17.4. The second-order valence-corrected chi connectivity index (χ2v) is 5.93. The molecule has 0 unspecified atom stereocenters. The Balaban J connectivity index is 1.80. The molecule has 0 aliphatic heterocycles. The molecular formula is C20H20ClNO2. The molecule has 1 N–H and O–H groups in total. The molecule has 0 radical (unpaired) electrons. The molecule has 2 rings (SSSR count). The lowest BCUT2D eigenvalue weighted by molar-refractivity contribution is -0.121. The number of nitrogens with one attached hydrogen (secondary N) is 1. The minimum Gasteiger partial charge on any atom is -0.479 e. The number of aryl methyl sites for hydroxylation is 2. The van der Waals surface area contributed by atoms with Crippen molar-refractivity contribution < 1.29 is 9.53 Å². The third-order valence-corrected chi connectivity index (χ3v) is 3.85. The van der Waals surface area contributed by atoms with Crippen molar-refractivity contribution in [2.24, 2.45) is 0 Å². The molecule has 124 valence electrons. The van der Waals surface area contributed by atoms with Crippen molar-refractivity contribution in [3.8, 4) is 18.1 Å². The Morgan fingerprint density at radius 2 is 1.92 bits per heavy atom. The van der Waals surface area contributed by atoms with Crippen molar-refractivity contribution in [2.75, 3.05) is 6.61 Å². The fraction of sp³-hybridized carbons (Fsp3) is 0.250. The van der Waals surface area contributed by atoms with E-state index in [9.17, 15) is 4.79 Å². The Hall–Kier alpha value is -2.44. The van der Waals surface area contributed by atoms with Gasteiger partial charge in [-0.3, -0.25) is 4.79 Å². The average Bonchev–Trinajstić information content (AvgIpc) is 2.58. The van der Waals surface area contributed by atoms with Gasteiger partial charge in [-0.25, -0.2) is 0 Å². The smallest absolute Gasteiger partial charge is 0.220 e. The molecule has 2 aromatic carbocycles. The standard InChI is InChI=1S/C20H20ClNO2/c1-3-12-24-19-10-8-16(13-18(19)21)9-11-20(23)22-14-17-6-4-15(2)5-7-17/h1,4-8,10,13H,9,11-12,14H2,2H3,(H,22,23). The molecule has 0 heterocycles. The Morgan fingerprint density at radius 3 is 2.58 bits per heavy atom. The second kappa shape index (κ2) is 9.00. The summed E-state index contributed by atoms with van der Waals surface area (Å²) >= 11 is 6.14. The van der Waals surface area contributed by atoms with Gasteiger partial charge < -0.3 is 10.1 Å². The van der Waals surface area contributed by atoms with E-state index in [-0.39, 0.29) is 12.5 Å². The summed E-state index contributed by atoms with van der Waals surface area (Å²) in [5, 5.41) is 3.43. The van der Waals surface area contributed by atoms with E-state index >= 15 is 0 Å². The molecule has 4 heteroatoms. The molecule has 0 aromatic heterocycles. The minimum absolute atomic E-state index is 0.0133. The lowest BCUT2D eigenvalue weighted by Gasteiger charge is -2.08. The number of amides is 1. The van der Waals surface area contributed by atoms with Crippen LogP contribution in [0.1, 0.15) is 23.1 Å². The van der Waals surface area contributed by atoms with Gasteiger partial charge in [0.15, 0.2) is 0 Å². The summed E-state index contributed by atoms with van der Waals surface area (Å²) < 4.78 is 5.32. The quantitative estimate of drug-likeness (QED) is 0.775. The highest BCUT2D eigenvalue weighted by Gasteiger charge is 2.06. The van der Waals surface area contributed by atoms with Crippen LogP contribution in [0.15, 0.2) is 42.5 Å². The second-order valence-electron chi connectivity index (χ2n) is 5.52. The predicted molar refractivity (Wildman–Crippen MR) is 97.1 cm³/mol. The van der Waals surface area contributed by atoms with Gasteiger partial charge in [0.05, 0.1) is 5.02 Å². The van der Waals surface area contributed by atoms with Gasteiger partial charge in [-0.2, -0.15) is 0 Å². The monoisotopic (exact) mass is 341 g/mol. The number of rotatable bonds is 7. The summed E-state index contributed by atoms with van der Waals surface area (Å²) in [4.78, 5) is 12.0. The molecule has 0 atom stereocenters. The van der Waals surface area contributed by atoms with Crippen molar-refractivity contribution >= 4 is 17.5 Å². The number of hydrogen-bond acceptors (Lipinski definition) is 2. The van der Waals surface area contributed by atoms with Crippen LogP contribution < -0.4 is 10.1 Å². The summed E-state index contributed by atoms with van der Waals surface area (Å²) in [6.07, 6.45) is 6.18. The van der Waals surface area contributed by atoms with Gasteiger partial charge in [-0.15, -0.1) is 6.42 Å². The van der Waals surface area contributed by atoms with E-state index in [1.807, 2.05) is 37.3 Å². The van der Waals surface area contributed by atoms with E-state index < -0.39 is 0 Å². The maximum atomic E-state index is 12.0. The van der Waals surface area contributed by atoms with Crippen molar-refractivity contribution in [3.05, 3.63) is 64.2 Å². The summed E-state index contributed by atoms with van der Waals surface area (Å²) in [7, 11) is 0. The summed E-state index contributed by atoms with van der Waals surface area (Å²) in [6.45, 7) is 2.76. The van der Waals surface area contributed by atoms with Gasteiger partial charge in [0.1, 0.15) is 12.4 Å². The number of ether oxygens (including phenoxy) is 1. The first-order valence-electron chi connectivity index (χ1n) is 7.75. The SMILES string of the molecule is C#CCOc1ccc(CCC(=O)NCc2ccc(C)cc2)cc1Cl. The molecule has 3 nitrogen and oxygen atoms in total. The molecule has 0 aliphatic rings.